The van der Waals surface area contributed by atoms with Crippen LogP contribution in [-0.2, 0) is 12.8 Å². The number of hydrogen-bond donors (Lipinski definition) is 2. The van der Waals surface area contributed by atoms with E-state index in [0.29, 0.717) is 17.7 Å². The van der Waals surface area contributed by atoms with Crippen molar-refractivity contribution in [1.82, 2.24) is 5.32 Å². The zero-order valence-corrected chi connectivity index (χ0v) is 11.8. The number of benzene rings is 1. The summed E-state index contributed by atoms with van der Waals surface area (Å²) in [6.07, 6.45) is 4.35. The van der Waals surface area contributed by atoms with E-state index in [9.17, 15) is 5.11 Å². The van der Waals surface area contributed by atoms with Crippen LogP contribution in [0.2, 0.25) is 0 Å². The molecule has 2 heteroatoms. The van der Waals surface area contributed by atoms with Crippen molar-refractivity contribution in [3.8, 4) is 5.75 Å². The standard InChI is InChI=1S/C16H25NO/c1-4-12-7-8-14(11(2)3)15(16(12)18)10-13-6-5-9-17-13/h7-8,11,13,17-18H,4-6,9-10H2,1-3H3. The van der Waals surface area contributed by atoms with E-state index in [4.69, 9.17) is 0 Å². The zero-order valence-electron chi connectivity index (χ0n) is 11.8. The van der Waals surface area contributed by atoms with E-state index in [0.717, 1.165) is 24.9 Å². The second-order valence-electron chi connectivity index (χ2n) is 5.65. The molecule has 18 heavy (non-hydrogen) atoms. The molecule has 1 fully saturated rings. The Morgan fingerprint density at radius 1 is 1.39 bits per heavy atom. The third kappa shape index (κ3) is 2.69. The monoisotopic (exact) mass is 247 g/mol. The van der Waals surface area contributed by atoms with Gasteiger partial charge in [-0.3, -0.25) is 0 Å². The SMILES string of the molecule is CCc1ccc(C(C)C)c(CC2CCCN2)c1O. The maximum Gasteiger partial charge on any atom is 0.122 e. The van der Waals surface area contributed by atoms with E-state index in [-0.39, 0.29) is 0 Å². The number of aromatic hydroxyl groups is 1. The summed E-state index contributed by atoms with van der Waals surface area (Å²) in [5, 5.41) is 14.0. The van der Waals surface area contributed by atoms with Gasteiger partial charge in [0, 0.05) is 6.04 Å². The van der Waals surface area contributed by atoms with Crippen molar-refractivity contribution in [2.75, 3.05) is 6.54 Å². The van der Waals surface area contributed by atoms with E-state index in [1.54, 1.807) is 0 Å². The summed E-state index contributed by atoms with van der Waals surface area (Å²) in [4.78, 5) is 0. The number of aryl methyl sites for hydroxylation is 1. The van der Waals surface area contributed by atoms with E-state index in [1.807, 2.05) is 0 Å². The van der Waals surface area contributed by atoms with Crippen molar-refractivity contribution in [2.45, 2.75) is 58.4 Å². The van der Waals surface area contributed by atoms with Gasteiger partial charge in [0.1, 0.15) is 5.75 Å². The van der Waals surface area contributed by atoms with Gasteiger partial charge in [-0.05, 0) is 54.8 Å². The Morgan fingerprint density at radius 3 is 2.72 bits per heavy atom. The number of rotatable bonds is 4. The molecule has 0 amide bonds. The molecule has 1 atom stereocenters. The molecule has 1 unspecified atom stereocenters. The maximum absolute atomic E-state index is 10.5. The summed E-state index contributed by atoms with van der Waals surface area (Å²) < 4.78 is 0. The molecule has 1 saturated heterocycles. The van der Waals surface area contributed by atoms with Crippen molar-refractivity contribution < 1.29 is 5.11 Å². The van der Waals surface area contributed by atoms with Gasteiger partial charge in [0.05, 0.1) is 0 Å². The van der Waals surface area contributed by atoms with Crippen molar-refractivity contribution in [1.29, 1.82) is 0 Å². The van der Waals surface area contributed by atoms with Gasteiger partial charge >= 0.3 is 0 Å². The van der Waals surface area contributed by atoms with Gasteiger partial charge in [-0.2, -0.15) is 0 Å². The van der Waals surface area contributed by atoms with Crippen LogP contribution in [0.5, 0.6) is 5.75 Å². The molecular weight excluding hydrogens is 222 g/mol. The molecule has 0 bridgehead atoms. The van der Waals surface area contributed by atoms with Crippen LogP contribution in [0.1, 0.15) is 56.2 Å². The number of phenolic OH excluding ortho intramolecular Hbond substituents is 1. The molecule has 0 saturated carbocycles. The van der Waals surface area contributed by atoms with Crippen LogP contribution < -0.4 is 5.32 Å². The Hall–Kier alpha value is -1.02. The minimum absolute atomic E-state index is 0.471. The van der Waals surface area contributed by atoms with Gasteiger partial charge in [-0.15, -0.1) is 0 Å². The first-order valence-corrected chi connectivity index (χ1v) is 7.20. The summed E-state index contributed by atoms with van der Waals surface area (Å²) in [6, 6.07) is 4.82. The molecule has 0 spiro atoms. The molecular formula is C16H25NO. The summed E-state index contributed by atoms with van der Waals surface area (Å²) in [5.41, 5.74) is 3.55. The minimum Gasteiger partial charge on any atom is -0.507 e. The van der Waals surface area contributed by atoms with Crippen molar-refractivity contribution in [2.24, 2.45) is 0 Å². The predicted octanol–water partition coefficient (Wildman–Crippen LogP) is 3.37. The Morgan fingerprint density at radius 2 is 2.17 bits per heavy atom. The van der Waals surface area contributed by atoms with Gasteiger partial charge in [-0.25, -0.2) is 0 Å². The average molecular weight is 247 g/mol. The predicted molar refractivity (Wildman–Crippen MR) is 76.3 cm³/mol. The fourth-order valence-corrected chi connectivity index (χ4v) is 2.92. The van der Waals surface area contributed by atoms with E-state index < -0.39 is 0 Å². The lowest BCUT2D eigenvalue weighted by atomic mass is 9.89. The minimum atomic E-state index is 0.471. The normalized spacial score (nSPS) is 19.7. The van der Waals surface area contributed by atoms with Gasteiger partial charge in [0.2, 0.25) is 0 Å². The highest BCUT2D eigenvalue weighted by Gasteiger charge is 2.20. The van der Waals surface area contributed by atoms with E-state index >= 15 is 0 Å². The number of phenols is 1. The van der Waals surface area contributed by atoms with Gasteiger partial charge in [0.25, 0.3) is 0 Å². The quantitative estimate of drug-likeness (QED) is 0.855. The molecule has 2 nitrogen and oxygen atoms in total. The zero-order chi connectivity index (χ0) is 13.1. The van der Waals surface area contributed by atoms with Gasteiger partial charge < -0.3 is 10.4 Å². The van der Waals surface area contributed by atoms with Crippen molar-refractivity contribution >= 4 is 0 Å². The maximum atomic E-state index is 10.5. The summed E-state index contributed by atoms with van der Waals surface area (Å²) >= 11 is 0. The van der Waals surface area contributed by atoms with Crippen LogP contribution in [0, 0.1) is 0 Å². The topological polar surface area (TPSA) is 32.3 Å². The van der Waals surface area contributed by atoms with Crippen molar-refractivity contribution in [3.63, 3.8) is 0 Å². The summed E-state index contributed by atoms with van der Waals surface area (Å²) in [6.45, 7) is 7.62. The van der Waals surface area contributed by atoms with Gasteiger partial charge in [0.15, 0.2) is 0 Å². The second kappa shape index (κ2) is 5.75. The molecule has 0 radical (unpaired) electrons. The second-order valence-corrected chi connectivity index (χ2v) is 5.65. The summed E-state index contributed by atoms with van der Waals surface area (Å²) in [7, 11) is 0. The highest BCUT2D eigenvalue weighted by atomic mass is 16.3. The van der Waals surface area contributed by atoms with Crippen LogP contribution >= 0.6 is 0 Å². The molecule has 1 aliphatic rings. The lowest BCUT2D eigenvalue weighted by Gasteiger charge is -2.19. The van der Waals surface area contributed by atoms with Gasteiger partial charge in [-0.1, -0.05) is 32.9 Å². The molecule has 2 N–H and O–H groups in total. The Balaban J connectivity index is 2.33. The first-order valence-electron chi connectivity index (χ1n) is 7.20. The van der Waals surface area contributed by atoms with Crippen LogP contribution in [0.4, 0.5) is 0 Å². The molecule has 2 rings (SSSR count). The fraction of sp³-hybridized carbons (Fsp3) is 0.625. The fourth-order valence-electron chi connectivity index (χ4n) is 2.92. The molecule has 1 heterocycles. The highest BCUT2D eigenvalue weighted by Crippen LogP contribution is 2.32. The Bertz CT molecular complexity index is 406. The Kier molecular flexibility index (Phi) is 4.28. The lowest BCUT2D eigenvalue weighted by molar-refractivity contribution is 0.453. The molecule has 0 aliphatic carbocycles. The summed E-state index contributed by atoms with van der Waals surface area (Å²) in [5.74, 6) is 1.01. The van der Waals surface area contributed by atoms with Crippen LogP contribution in [-0.4, -0.2) is 17.7 Å². The van der Waals surface area contributed by atoms with Crippen LogP contribution in [0.15, 0.2) is 12.1 Å². The third-order valence-corrected chi connectivity index (χ3v) is 4.02. The number of hydrogen-bond acceptors (Lipinski definition) is 2. The molecule has 1 aromatic rings. The van der Waals surface area contributed by atoms with Crippen LogP contribution in [0.25, 0.3) is 0 Å². The molecule has 100 valence electrons. The molecule has 0 aromatic heterocycles. The smallest absolute Gasteiger partial charge is 0.122 e. The molecule has 1 aromatic carbocycles. The van der Waals surface area contributed by atoms with E-state index in [1.165, 1.54) is 24.0 Å². The van der Waals surface area contributed by atoms with Crippen LogP contribution in [0.3, 0.4) is 0 Å². The van der Waals surface area contributed by atoms with Crippen molar-refractivity contribution in [3.05, 3.63) is 28.8 Å². The largest absolute Gasteiger partial charge is 0.507 e. The molecule has 1 aliphatic heterocycles. The third-order valence-electron chi connectivity index (χ3n) is 4.02. The lowest BCUT2D eigenvalue weighted by Crippen LogP contribution is -2.24. The first-order chi connectivity index (χ1) is 8.63. The average Bonchev–Trinajstić information content (AvgIpc) is 2.84. The number of nitrogens with one attached hydrogen (secondary N) is 1. The van der Waals surface area contributed by atoms with E-state index in [2.05, 4.69) is 38.2 Å². The Labute approximate surface area is 110 Å². The first kappa shape index (κ1) is 13.4. The highest BCUT2D eigenvalue weighted by molar-refractivity contribution is 5.47.